The average Bonchev–Trinajstić information content (AvgIpc) is 2.31. The molecule has 88 valence electrons. The first kappa shape index (κ1) is 11.4. The Kier molecular flexibility index (Phi) is 4.42. The Morgan fingerprint density at radius 3 is 3.07 bits per heavy atom. The fourth-order valence-electron chi connectivity index (χ4n) is 2.76. The highest BCUT2D eigenvalue weighted by Gasteiger charge is 2.24. The molecule has 15 heavy (non-hydrogen) atoms. The van der Waals surface area contributed by atoms with Crippen LogP contribution >= 0.6 is 0 Å². The van der Waals surface area contributed by atoms with E-state index in [4.69, 9.17) is 4.74 Å². The van der Waals surface area contributed by atoms with Gasteiger partial charge in [-0.15, -0.1) is 0 Å². The molecule has 2 heterocycles. The fraction of sp³-hybridized carbons (Fsp3) is 1.00. The predicted octanol–water partition coefficient (Wildman–Crippen LogP) is 1.24. The minimum Gasteiger partial charge on any atom is -0.374 e. The maximum Gasteiger partial charge on any atom is 0.0826 e. The normalized spacial score (nSPS) is 34.2. The van der Waals surface area contributed by atoms with Gasteiger partial charge in [0.15, 0.2) is 0 Å². The molecule has 0 spiro atoms. The van der Waals surface area contributed by atoms with E-state index in [0.717, 1.165) is 32.3 Å². The van der Waals surface area contributed by atoms with Gasteiger partial charge in [0.25, 0.3) is 0 Å². The number of hydrogen-bond acceptors (Lipinski definition) is 3. The van der Waals surface area contributed by atoms with Crippen LogP contribution < -0.4 is 5.32 Å². The molecule has 1 N–H and O–H groups in total. The molecule has 0 aromatic heterocycles. The van der Waals surface area contributed by atoms with Crippen molar-refractivity contribution in [3.05, 3.63) is 0 Å². The van der Waals surface area contributed by atoms with Crippen molar-refractivity contribution < 1.29 is 4.74 Å². The molecule has 2 saturated heterocycles. The van der Waals surface area contributed by atoms with E-state index >= 15 is 0 Å². The number of ether oxygens (including phenoxy) is 1. The first-order valence-corrected chi connectivity index (χ1v) is 6.46. The van der Waals surface area contributed by atoms with Gasteiger partial charge in [-0.05, 0) is 25.8 Å². The lowest BCUT2D eigenvalue weighted by atomic mass is 9.99. The maximum atomic E-state index is 5.77. The zero-order valence-corrected chi connectivity index (χ0v) is 9.87. The van der Waals surface area contributed by atoms with Gasteiger partial charge in [0.05, 0.1) is 12.7 Å². The number of hydrogen-bond donors (Lipinski definition) is 1. The second-order valence-electron chi connectivity index (χ2n) is 4.75. The van der Waals surface area contributed by atoms with Crippen LogP contribution in [-0.2, 0) is 4.74 Å². The highest BCUT2D eigenvalue weighted by molar-refractivity contribution is 4.80. The standard InChI is InChI=1S/C12H24N2O/c1-2-11-5-3-4-7-14(11)10-12-9-13-6-8-15-12/h11-13H,2-10H2,1H3. The molecule has 2 rings (SSSR count). The van der Waals surface area contributed by atoms with Crippen molar-refractivity contribution in [1.82, 2.24) is 10.2 Å². The van der Waals surface area contributed by atoms with Crippen molar-refractivity contribution in [3.63, 3.8) is 0 Å². The summed E-state index contributed by atoms with van der Waals surface area (Å²) in [7, 11) is 0. The average molecular weight is 212 g/mol. The Bertz CT molecular complexity index is 180. The van der Waals surface area contributed by atoms with Crippen molar-refractivity contribution >= 4 is 0 Å². The van der Waals surface area contributed by atoms with Crippen LogP contribution in [0, 0.1) is 0 Å². The van der Waals surface area contributed by atoms with Crippen molar-refractivity contribution in [2.45, 2.75) is 44.8 Å². The van der Waals surface area contributed by atoms with Gasteiger partial charge >= 0.3 is 0 Å². The van der Waals surface area contributed by atoms with Gasteiger partial charge in [-0.25, -0.2) is 0 Å². The molecule has 0 aliphatic carbocycles. The molecule has 0 aromatic rings. The molecular weight excluding hydrogens is 188 g/mol. The second kappa shape index (κ2) is 5.83. The number of morpholine rings is 1. The predicted molar refractivity (Wildman–Crippen MR) is 62.1 cm³/mol. The lowest BCUT2D eigenvalue weighted by Gasteiger charge is -2.38. The number of piperidine rings is 1. The quantitative estimate of drug-likeness (QED) is 0.762. The minimum atomic E-state index is 0.422. The molecule has 2 atom stereocenters. The van der Waals surface area contributed by atoms with E-state index in [1.165, 1.54) is 32.2 Å². The van der Waals surface area contributed by atoms with E-state index in [0.29, 0.717) is 6.10 Å². The highest BCUT2D eigenvalue weighted by Crippen LogP contribution is 2.20. The number of nitrogens with zero attached hydrogens (tertiary/aromatic N) is 1. The smallest absolute Gasteiger partial charge is 0.0826 e. The number of rotatable bonds is 3. The molecule has 3 nitrogen and oxygen atoms in total. The van der Waals surface area contributed by atoms with Gasteiger partial charge in [0, 0.05) is 25.7 Å². The Balaban J connectivity index is 1.79. The summed E-state index contributed by atoms with van der Waals surface area (Å²) in [5.74, 6) is 0. The zero-order chi connectivity index (χ0) is 10.5. The van der Waals surface area contributed by atoms with Gasteiger partial charge < -0.3 is 10.1 Å². The summed E-state index contributed by atoms with van der Waals surface area (Å²) >= 11 is 0. The van der Waals surface area contributed by atoms with Crippen molar-refractivity contribution in [2.24, 2.45) is 0 Å². The first-order chi connectivity index (χ1) is 7.40. The van der Waals surface area contributed by atoms with E-state index in [-0.39, 0.29) is 0 Å². The Morgan fingerprint density at radius 2 is 2.33 bits per heavy atom. The Labute approximate surface area is 93.2 Å². The molecule has 2 unspecified atom stereocenters. The van der Waals surface area contributed by atoms with Crippen molar-refractivity contribution in [3.8, 4) is 0 Å². The fourth-order valence-corrected chi connectivity index (χ4v) is 2.76. The summed E-state index contributed by atoms with van der Waals surface area (Å²) < 4.78 is 5.77. The SMILES string of the molecule is CCC1CCCCN1CC1CNCCO1. The highest BCUT2D eigenvalue weighted by atomic mass is 16.5. The number of nitrogens with one attached hydrogen (secondary N) is 1. The monoisotopic (exact) mass is 212 g/mol. The molecule has 0 bridgehead atoms. The minimum absolute atomic E-state index is 0.422. The third-order valence-electron chi connectivity index (χ3n) is 3.66. The van der Waals surface area contributed by atoms with Crippen LogP contribution in [0.25, 0.3) is 0 Å². The topological polar surface area (TPSA) is 24.5 Å². The van der Waals surface area contributed by atoms with E-state index in [1.54, 1.807) is 0 Å². The van der Waals surface area contributed by atoms with Crippen molar-refractivity contribution in [1.29, 1.82) is 0 Å². The van der Waals surface area contributed by atoms with E-state index in [2.05, 4.69) is 17.1 Å². The lowest BCUT2D eigenvalue weighted by Crippen LogP contribution is -2.49. The summed E-state index contributed by atoms with van der Waals surface area (Å²) in [6.07, 6.45) is 5.89. The summed E-state index contributed by atoms with van der Waals surface area (Å²) in [5.41, 5.74) is 0. The molecule has 2 fully saturated rings. The van der Waals surface area contributed by atoms with Crippen molar-refractivity contribution in [2.75, 3.05) is 32.8 Å². The van der Waals surface area contributed by atoms with Crippen LogP contribution in [0.1, 0.15) is 32.6 Å². The van der Waals surface area contributed by atoms with Gasteiger partial charge in [0.2, 0.25) is 0 Å². The van der Waals surface area contributed by atoms with Crippen LogP contribution in [0.15, 0.2) is 0 Å². The van der Waals surface area contributed by atoms with Crippen LogP contribution in [0.4, 0.5) is 0 Å². The molecule has 2 aliphatic heterocycles. The largest absolute Gasteiger partial charge is 0.374 e. The zero-order valence-electron chi connectivity index (χ0n) is 9.87. The number of likely N-dealkylation sites (tertiary alicyclic amines) is 1. The van der Waals surface area contributed by atoms with Gasteiger partial charge in [-0.3, -0.25) is 4.90 Å². The molecule has 3 heteroatoms. The molecule has 0 aromatic carbocycles. The maximum absolute atomic E-state index is 5.77. The summed E-state index contributed by atoms with van der Waals surface area (Å²) in [6.45, 7) is 7.66. The molecule has 2 aliphatic rings. The molecule has 0 radical (unpaired) electrons. The first-order valence-electron chi connectivity index (χ1n) is 6.46. The Morgan fingerprint density at radius 1 is 1.40 bits per heavy atom. The summed E-state index contributed by atoms with van der Waals surface area (Å²) in [5, 5.41) is 3.41. The summed E-state index contributed by atoms with van der Waals surface area (Å²) in [6, 6.07) is 0.810. The third-order valence-corrected chi connectivity index (χ3v) is 3.66. The van der Waals surface area contributed by atoms with Gasteiger partial charge in [0.1, 0.15) is 0 Å². The van der Waals surface area contributed by atoms with Crippen LogP contribution in [0.3, 0.4) is 0 Å². The molecular formula is C12H24N2O. The lowest BCUT2D eigenvalue weighted by molar-refractivity contribution is -0.00980. The third kappa shape index (κ3) is 3.16. The van der Waals surface area contributed by atoms with E-state index in [9.17, 15) is 0 Å². The second-order valence-corrected chi connectivity index (χ2v) is 4.75. The Hall–Kier alpha value is -0.120. The van der Waals surface area contributed by atoms with Crippen LogP contribution in [0.5, 0.6) is 0 Å². The summed E-state index contributed by atoms with van der Waals surface area (Å²) in [4.78, 5) is 2.64. The van der Waals surface area contributed by atoms with Gasteiger partial charge in [-0.2, -0.15) is 0 Å². The molecule has 0 saturated carbocycles. The van der Waals surface area contributed by atoms with E-state index < -0.39 is 0 Å². The van der Waals surface area contributed by atoms with Crippen LogP contribution in [0.2, 0.25) is 0 Å². The molecule has 0 amide bonds. The van der Waals surface area contributed by atoms with Crippen LogP contribution in [-0.4, -0.2) is 49.8 Å². The van der Waals surface area contributed by atoms with E-state index in [1.807, 2.05) is 0 Å². The van der Waals surface area contributed by atoms with Gasteiger partial charge in [-0.1, -0.05) is 13.3 Å².